The van der Waals surface area contributed by atoms with E-state index in [0.717, 1.165) is 0 Å². The van der Waals surface area contributed by atoms with E-state index in [1.54, 1.807) is 31.2 Å². The number of nitrogens with zero attached hydrogens (tertiary/aromatic N) is 1. The van der Waals surface area contributed by atoms with Gasteiger partial charge in [0.05, 0.1) is 11.3 Å². The predicted molar refractivity (Wildman–Crippen MR) is 63.0 cm³/mol. The van der Waals surface area contributed by atoms with Gasteiger partial charge in [-0.15, -0.1) is 0 Å². The van der Waals surface area contributed by atoms with Crippen molar-refractivity contribution < 1.29 is 14.4 Å². The molecule has 1 aliphatic heterocycles. The Kier molecular flexibility index (Phi) is 2.79. The number of hydrogen-bond acceptors (Lipinski definition) is 3. The summed E-state index contributed by atoms with van der Waals surface area (Å²) in [6.45, 7) is 3.25. The van der Waals surface area contributed by atoms with E-state index in [0.29, 0.717) is 11.3 Å². The van der Waals surface area contributed by atoms with Crippen LogP contribution in [0.4, 0.5) is 5.69 Å². The van der Waals surface area contributed by atoms with E-state index in [1.807, 2.05) is 0 Å². The normalized spacial score (nSPS) is 16.0. The zero-order valence-electron chi connectivity index (χ0n) is 9.77. The monoisotopic (exact) mass is 231 g/mol. The summed E-state index contributed by atoms with van der Waals surface area (Å²) in [7, 11) is 0. The second-order valence-corrected chi connectivity index (χ2v) is 4.28. The van der Waals surface area contributed by atoms with Crippen LogP contribution in [0.5, 0.6) is 0 Å². The molecule has 1 amide bonds. The third-order valence-corrected chi connectivity index (χ3v) is 2.84. The molecular formula is C13H13NO3. The molecule has 0 fully saturated rings. The third-order valence-electron chi connectivity index (χ3n) is 2.84. The second kappa shape index (κ2) is 4.13. The first-order chi connectivity index (χ1) is 8.02. The molecule has 0 radical (unpaired) electrons. The molecule has 2 rings (SSSR count). The topological polar surface area (TPSA) is 54.5 Å². The summed E-state index contributed by atoms with van der Waals surface area (Å²) in [6.07, 6.45) is 0.257. The standard InChI is InChI=1S/C13H13NO3/c1-8(7-9(2)15)14-11-6-4-3-5-10(11)12(16)13(14)17/h3-6,8H,7H2,1-2H3/t8-/m1/s1. The summed E-state index contributed by atoms with van der Waals surface area (Å²) in [4.78, 5) is 36.1. The molecule has 0 aromatic heterocycles. The van der Waals surface area contributed by atoms with Crippen molar-refractivity contribution in [3.63, 3.8) is 0 Å². The molecule has 0 spiro atoms. The smallest absolute Gasteiger partial charge is 0.299 e. The quantitative estimate of drug-likeness (QED) is 0.742. The largest absolute Gasteiger partial charge is 0.302 e. The fourth-order valence-electron chi connectivity index (χ4n) is 2.15. The maximum atomic E-state index is 11.9. The molecule has 1 aromatic rings. The Balaban J connectivity index is 2.39. The van der Waals surface area contributed by atoms with Gasteiger partial charge in [0.1, 0.15) is 5.78 Å². The van der Waals surface area contributed by atoms with Crippen LogP contribution >= 0.6 is 0 Å². The molecule has 1 aliphatic rings. The highest BCUT2D eigenvalue weighted by Crippen LogP contribution is 2.30. The number of carbonyl (C=O) groups is 3. The minimum atomic E-state index is -0.542. The molecule has 1 heterocycles. The molecule has 88 valence electrons. The maximum absolute atomic E-state index is 11.9. The number of ketones is 2. The predicted octanol–water partition coefficient (Wildman–Crippen LogP) is 1.58. The fraction of sp³-hybridized carbons (Fsp3) is 0.308. The summed E-state index contributed by atoms with van der Waals surface area (Å²) in [5.74, 6) is -1.03. The first-order valence-corrected chi connectivity index (χ1v) is 5.48. The molecule has 1 aromatic carbocycles. The number of rotatable bonds is 3. The van der Waals surface area contributed by atoms with Crippen LogP contribution in [0.15, 0.2) is 24.3 Å². The number of anilines is 1. The highest BCUT2D eigenvalue weighted by molar-refractivity contribution is 6.52. The van der Waals surface area contributed by atoms with Crippen molar-refractivity contribution in [1.29, 1.82) is 0 Å². The zero-order chi connectivity index (χ0) is 12.6. The Morgan fingerprint density at radius 3 is 2.59 bits per heavy atom. The minimum Gasteiger partial charge on any atom is -0.302 e. The Labute approximate surface area is 99.2 Å². The lowest BCUT2D eigenvalue weighted by Crippen LogP contribution is -2.38. The SMILES string of the molecule is CC(=O)C[C@@H](C)N1C(=O)C(=O)c2ccccc21. The lowest BCUT2D eigenvalue weighted by molar-refractivity contribution is -0.117. The molecular weight excluding hydrogens is 218 g/mol. The number of amides is 1. The fourth-order valence-corrected chi connectivity index (χ4v) is 2.15. The van der Waals surface area contributed by atoms with Crippen molar-refractivity contribution in [3.05, 3.63) is 29.8 Å². The third kappa shape index (κ3) is 1.86. The van der Waals surface area contributed by atoms with Crippen molar-refractivity contribution in [2.24, 2.45) is 0 Å². The minimum absolute atomic E-state index is 0.00197. The molecule has 0 N–H and O–H groups in total. The van der Waals surface area contributed by atoms with Gasteiger partial charge in [-0.3, -0.25) is 14.4 Å². The lowest BCUT2D eigenvalue weighted by Gasteiger charge is -2.23. The number of Topliss-reactive ketones (excluding diaryl/α,β-unsaturated/α-hetero) is 2. The van der Waals surface area contributed by atoms with Crippen LogP contribution in [-0.2, 0) is 9.59 Å². The molecule has 0 unspecified atom stereocenters. The van der Waals surface area contributed by atoms with E-state index < -0.39 is 11.7 Å². The first-order valence-electron chi connectivity index (χ1n) is 5.48. The molecule has 0 aliphatic carbocycles. The average Bonchev–Trinajstić information content (AvgIpc) is 2.51. The Morgan fingerprint density at radius 1 is 1.29 bits per heavy atom. The van der Waals surface area contributed by atoms with Crippen LogP contribution < -0.4 is 4.90 Å². The van der Waals surface area contributed by atoms with Crippen LogP contribution in [-0.4, -0.2) is 23.5 Å². The van der Waals surface area contributed by atoms with Gasteiger partial charge in [-0.25, -0.2) is 0 Å². The molecule has 1 atom stereocenters. The number of benzene rings is 1. The van der Waals surface area contributed by atoms with Gasteiger partial charge in [0.15, 0.2) is 0 Å². The van der Waals surface area contributed by atoms with Crippen molar-refractivity contribution in [2.45, 2.75) is 26.3 Å². The van der Waals surface area contributed by atoms with Gasteiger partial charge in [-0.1, -0.05) is 12.1 Å². The van der Waals surface area contributed by atoms with E-state index in [-0.39, 0.29) is 18.2 Å². The number of para-hydroxylation sites is 1. The van der Waals surface area contributed by atoms with Crippen molar-refractivity contribution in [3.8, 4) is 0 Å². The zero-order valence-corrected chi connectivity index (χ0v) is 9.77. The van der Waals surface area contributed by atoms with Crippen LogP contribution in [0.2, 0.25) is 0 Å². The summed E-state index contributed by atoms with van der Waals surface area (Å²) in [5.41, 5.74) is 1.03. The van der Waals surface area contributed by atoms with Gasteiger partial charge in [-0.2, -0.15) is 0 Å². The van der Waals surface area contributed by atoms with E-state index in [4.69, 9.17) is 0 Å². The van der Waals surface area contributed by atoms with Gasteiger partial charge in [0, 0.05) is 12.5 Å². The van der Waals surface area contributed by atoms with Crippen molar-refractivity contribution in [2.75, 3.05) is 4.90 Å². The maximum Gasteiger partial charge on any atom is 0.299 e. The lowest BCUT2D eigenvalue weighted by atomic mass is 10.1. The van der Waals surface area contributed by atoms with Crippen LogP contribution in [0.1, 0.15) is 30.6 Å². The van der Waals surface area contributed by atoms with Crippen LogP contribution in [0.3, 0.4) is 0 Å². The Hall–Kier alpha value is -1.97. The van der Waals surface area contributed by atoms with Gasteiger partial charge >= 0.3 is 0 Å². The van der Waals surface area contributed by atoms with E-state index in [9.17, 15) is 14.4 Å². The van der Waals surface area contributed by atoms with Gasteiger partial charge < -0.3 is 4.90 Å². The summed E-state index contributed by atoms with van der Waals surface area (Å²) < 4.78 is 0. The van der Waals surface area contributed by atoms with E-state index in [1.165, 1.54) is 11.8 Å². The Bertz CT molecular complexity index is 507. The summed E-state index contributed by atoms with van der Waals surface area (Å²) in [6, 6.07) is 6.58. The molecule has 4 nitrogen and oxygen atoms in total. The van der Waals surface area contributed by atoms with Gasteiger partial charge in [-0.05, 0) is 26.0 Å². The molecule has 4 heteroatoms. The molecule has 0 saturated heterocycles. The van der Waals surface area contributed by atoms with Gasteiger partial charge in [0.2, 0.25) is 0 Å². The number of carbonyl (C=O) groups excluding carboxylic acids is 3. The van der Waals surface area contributed by atoms with Crippen molar-refractivity contribution in [1.82, 2.24) is 0 Å². The van der Waals surface area contributed by atoms with Crippen molar-refractivity contribution >= 4 is 23.2 Å². The second-order valence-electron chi connectivity index (χ2n) is 4.28. The number of hydrogen-bond donors (Lipinski definition) is 0. The van der Waals surface area contributed by atoms with Crippen LogP contribution in [0.25, 0.3) is 0 Å². The first kappa shape index (κ1) is 11.5. The van der Waals surface area contributed by atoms with E-state index >= 15 is 0 Å². The molecule has 0 saturated carbocycles. The highest BCUT2D eigenvalue weighted by atomic mass is 16.2. The van der Waals surface area contributed by atoms with Gasteiger partial charge in [0.25, 0.3) is 11.7 Å². The average molecular weight is 231 g/mol. The highest BCUT2D eigenvalue weighted by Gasteiger charge is 2.38. The molecule has 0 bridgehead atoms. The van der Waals surface area contributed by atoms with E-state index in [2.05, 4.69) is 0 Å². The Morgan fingerprint density at radius 2 is 1.94 bits per heavy atom. The number of fused-ring (bicyclic) bond motifs is 1. The summed E-state index contributed by atoms with van der Waals surface area (Å²) in [5, 5.41) is 0. The van der Waals surface area contributed by atoms with Crippen LogP contribution in [0, 0.1) is 0 Å². The molecule has 17 heavy (non-hydrogen) atoms. The summed E-state index contributed by atoms with van der Waals surface area (Å²) >= 11 is 0.